The maximum atomic E-state index is 12.8. The van der Waals surface area contributed by atoms with Gasteiger partial charge in [-0.3, -0.25) is 9.69 Å². The standard InChI is InChI=1S/C26H26Cl2F3N3O/c27-22-4-1-20(24(28)14-22)15-32-25(35)13-18-7-10-33(11-8-18)16-19-9-12-34(17-19)23-5-2-21(3-6-23)26(29,30)31/h1-6,9,12,14,17-18H,7-8,10-11,13,15-16H2,(H,32,35). The first-order chi connectivity index (χ1) is 16.7. The third-order valence-electron chi connectivity index (χ3n) is 6.33. The molecule has 0 unspecified atom stereocenters. The second-order valence-corrected chi connectivity index (χ2v) is 9.75. The van der Waals surface area contributed by atoms with Gasteiger partial charge in [0.05, 0.1) is 5.56 Å². The van der Waals surface area contributed by atoms with E-state index >= 15 is 0 Å². The first kappa shape index (κ1) is 25.6. The lowest BCUT2D eigenvalue weighted by Crippen LogP contribution is -2.35. The lowest BCUT2D eigenvalue weighted by atomic mass is 9.93. The summed E-state index contributed by atoms with van der Waals surface area (Å²) < 4.78 is 40.2. The number of nitrogens with one attached hydrogen (secondary N) is 1. The van der Waals surface area contributed by atoms with Crippen LogP contribution in [0.1, 0.15) is 36.0 Å². The van der Waals surface area contributed by atoms with Crippen molar-refractivity contribution in [1.82, 2.24) is 14.8 Å². The van der Waals surface area contributed by atoms with Crippen LogP contribution in [-0.2, 0) is 24.1 Å². The van der Waals surface area contributed by atoms with Gasteiger partial charge < -0.3 is 9.88 Å². The molecule has 9 heteroatoms. The molecule has 0 atom stereocenters. The van der Waals surface area contributed by atoms with Crippen molar-refractivity contribution in [2.45, 2.75) is 38.5 Å². The number of piperidine rings is 1. The Bertz CT molecular complexity index is 1150. The zero-order chi connectivity index (χ0) is 25.0. The van der Waals surface area contributed by atoms with Crippen molar-refractivity contribution in [1.29, 1.82) is 0 Å². The third kappa shape index (κ3) is 7.03. The Morgan fingerprint density at radius 1 is 1.03 bits per heavy atom. The quantitative estimate of drug-likeness (QED) is 0.373. The third-order valence-corrected chi connectivity index (χ3v) is 6.91. The number of carbonyl (C=O) groups is 1. The number of alkyl halides is 3. The second-order valence-electron chi connectivity index (χ2n) is 8.91. The second kappa shape index (κ2) is 11.1. The minimum Gasteiger partial charge on any atom is -0.352 e. The van der Waals surface area contributed by atoms with Gasteiger partial charge in [-0.2, -0.15) is 13.2 Å². The SMILES string of the molecule is O=C(CC1CCN(Cc2ccn(-c3ccc(C(F)(F)F)cc3)c2)CC1)NCc1ccc(Cl)cc1Cl. The van der Waals surface area contributed by atoms with Crippen LogP contribution in [0, 0.1) is 5.92 Å². The van der Waals surface area contributed by atoms with Gasteiger partial charge >= 0.3 is 6.18 Å². The molecule has 0 spiro atoms. The molecule has 4 rings (SSSR count). The van der Waals surface area contributed by atoms with Crippen molar-refractivity contribution in [3.8, 4) is 5.69 Å². The lowest BCUT2D eigenvalue weighted by molar-refractivity contribution is -0.137. The van der Waals surface area contributed by atoms with E-state index in [1.807, 2.05) is 29.1 Å². The highest BCUT2D eigenvalue weighted by Crippen LogP contribution is 2.30. The Hall–Kier alpha value is -2.48. The molecule has 35 heavy (non-hydrogen) atoms. The summed E-state index contributed by atoms with van der Waals surface area (Å²) >= 11 is 12.1. The number of hydrogen-bond acceptors (Lipinski definition) is 2. The normalized spacial score (nSPS) is 15.3. The summed E-state index contributed by atoms with van der Waals surface area (Å²) in [5.41, 5.74) is 1.97. The van der Waals surface area contributed by atoms with Crippen LogP contribution in [0.15, 0.2) is 60.9 Å². The smallest absolute Gasteiger partial charge is 0.352 e. The van der Waals surface area contributed by atoms with Crippen LogP contribution in [0.2, 0.25) is 10.0 Å². The van der Waals surface area contributed by atoms with Crippen LogP contribution >= 0.6 is 23.2 Å². The first-order valence-electron chi connectivity index (χ1n) is 11.4. The summed E-state index contributed by atoms with van der Waals surface area (Å²) in [6.07, 6.45) is 1.84. The van der Waals surface area contributed by atoms with Crippen LogP contribution < -0.4 is 5.32 Å². The fraction of sp³-hybridized carbons (Fsp3) is 0.346. The van der Waals surface area contributed by atoms with Gasteiger partial charge in [0.15, 0.2) is 0 Å². The maximum Gasteiger partial charge on any atom is 0.416 e. The van der Waals surface area contributed by atoms with Crippen molar-refractivity contribution in [2.24, 2.45) is 5.92 Å². The van der Waals surface area contributed by atoms with Crippen LogP contribution in [0.25, 0.3) is 5.69 Å². The van der Waals surface area contributed by atoms with Crippen LogP contribution in [0.4, 0.5) is 13.2 Å². The average molecular weight is 524 g/mol. The van der Waals surface area contributed by atoms with Crippen LogP contribution in [-0.4, -0.2) is 28.5 Å². The summed E-state index contributed by atoms with van der Waals surface area (Å²) in [5.74, 6) is 0.353. The summed E-state index contributed by atoms with van der Waals surface area (Å²) in [4.78, 5) is 14.7. The summed E-state index contributed by atoms with van der Waals surface area (Å²) in [6, 6.07) is 12.4. The number of nitrogens with zero attached hydrogens (tertiary/aromatic N) is 2. The van der Waals surface area contributed by atoms with Gasteiger partial charge in [-0.25, -0.2) is 0 Å². The number of amides is 1. The van der Waals surface area contributed by atoms with Gasteiger partial charge in [0.2, 0.25) is 5.91 Å². The van der Waals surface area contributed by atoms with Gasteiger partial charge in [0, 0.05) is 47.6 Å². The fourth-order valence-electron chi connectivity index (χ4n) is 4.32. The molecule has 186 valence electrons. The highest BCUT2D eigenvalue weighted by Gasteiger charge is 2.30. The average Bonchev–Trinajstić information content (AvgIpc) is 3.28. The zero-order valence-electron chi connectivity index (χ0n) is 19.0. The van der Waals surface area contributed by atoms with Gasteiger partial charge in [0.1, 0.15) is 0 Å². The molecule has 1 amide bonds. The topological polar surface area (TPSA) is 37.3 Å². The van der Waals surface area contributed by atoms with E-state index in [-0.39, 0.29) is 5.91 Å². The highest BCUT2D eigenvalue weighted by molar-refractivity contribution is 6.35. The van der Waals surface area contributed by atoms with Gasteiger partial charge in [-0.1, -0.05) is 29.3 Å². The maximum absolute atomic E-state index is 12.8. The summed E-state index contributed by atoms with van der Waals surface area (Å²) in [7, 11) is 0. The van der Waals surface area contributed by atoms with E-state index in [1.54, 1.807) is 12.1 Å². The highest BCUT2D eigenvalue weighted by atomic mass is 35.5. The van der Waals surface area contributed by atoms with Crippen molar-refractivity contribution in [3.05, 3.63) is 87.7 Å². The number of aromatic nitrogens is 1. The molecular weight excluding hydrogens is 498 g/mol. The van der Waals surface area contributed by atoms with Crippen molar-refractivity contribution < 1.29 is 18.0 Å². The number of hydrogen-bond donors (Lipinski definition) is 1. The number of halogens is 5. The molecule has 0 radical (unpaired) electrons. The molecule has 1 aromatic heterocycles. The minimum atomic E-state index is -4.34. The van der Waals surface area contributed by atoms with Crippen molar-refractivity contribution in [3.63, 3.8) is 0 Å². The van der Waals surface area contributed by atoms with E-state index in [0.29, 0.717) is 34.6 Å². The summed E-state index contributed by atoms with van der Waals surface area (Å²) in [6.45, 7) is 2.93. The lowest BCUT2D eigenvalue weighted by Gasteiger charge is -2.31. The van der Waals surface area contributed by atoms with Gasteiger partial charge in [0.25, 0.3) is 0 Å². The predicted octanol–water partition coefficient (Wildman–Crippen LogP) is 6.72. The molecule has 3 aromatic rings. The Morgan fingerprint density at radius 3 is 2.40 bits per heavy atom. The molecular formula is C26H26Cl2F3N3O. The fourth-order valence-corrected chi connectivity index (χ4v) is 4.79. The van der Waals surface area contributed by atoms with Crippen molar-refractivity contribution >= 4 is 29.1 Å². The number of rotatable bonds is 7. The molecule has 2 heterocycles. The Kier molecular flexibility index (Phi) is 8.09. The minimum absolute atomic E-state index is 0.0167. The molecule has 0 aliphatic carbocycles. The molecule has 1 N–H and O–H groups in total. The molecule has 1 fully saturated rings. The molecule has 0 saturated carbocycles. The summed E-state index contributed by atoms with van der Waals surface area (Å²) in [5, 5.41) is 4.05. The monoisotopic (exact) mass is 523 g/mol. The molecule has 1 aliphatic heterocycles. The molecule has 1 saturated heterocycles. The van der Waals surface area contributed by atoms with Gasteiger partial charge in [-0.05, 0) is 85.4 Å². The van der Waals surface area contributed by atoms with E-state index in [9.17, 15) is 18.0 Å². The molecule has 2 aromatic carbocycles. The Morgan fingerprint density at radius 2 is 1.74 bits per heavy atom. The van der Waals surface area contributed by atoms with E-state index in [0.717, 1.165) is 55.7 Å². The largest absolute Gasteiger partial charge is 0.416 e. The van der Waals surface area contributed by atoms with E-state index in [2.05, 4.69) is 10.2 Å². The Labute approximate surface area is 212 Å². The van der Waals surface area contributed by atoms with E-state index in [4.69, 9.17) is 23.2 Å². The van der Waals surface area contributed by atoms with Crippen LogP contribution in [0.5, 0.6) is 0 Å². The van der Waals surface area contributed by atoms with Crippen molar-refractivity contribution in [2.75, 3.05) is 13.1 Å². The first-order valence-corrected chi connectivity index (χ1v) is 12.2. The number of benzene rings is 2. The van der Waals surface area contributed by atoms with E-state index in [1.165, 1.54) is 12.1 Å². The number of carbonyl (C=O) groups excluding carboxylic acids is 1. The zero-order valence-corrected chi connectivity index (χ0v) is 20.5. The van der Waals surface area contributed by atoms with Crippen LogP contribution in [0.3, 0.4) is 0 Å². The predicted molar refractivity (Wildman–Crippen MR) is 132 cm³/mol. The molecule has 1 aliphatic rings. The number of likely N-dealkylation sites (tertiary alicyclic amines) is 1. The van der Waals surface area contributed by atoms with Gasteiger partial charge in [-0.15, -0.1) is 0 Å². The Balaban J connectivity index is 1.21. The molecule has 4 nitrogen and oxygen atoms in total. The van der Waals surface area contributed by atoms with E-state index < -0.39 is 11.7 Å². The molecule has 0 bridgehead atoms.